The molecule has 0 aromatic carbocycles. The summed E-state index contributed by atoms with van der Waals surface area (Å²) in [5.41, 5.74) is 5.86. The van der Waals surface area contributed by atoms with Gasteiger partial charge in [-0.2, -0.15) is 0 Å². The Balaban J connectivity index is 1.89. The Hall–Kier alpha value is -0.650. The van der Waals surface area contributed by atoms with E-state index in [4.69, 9.17) is 15.2 Å². The lowest BCUT2D eigenvalue weighted by Crippen LogP contribution is -2.69. The fraction of sp³-hybridized carbons (Fsp3) is 0.933. The molecule has 0 bridgehead atoms. The van der Waals surface area contributed by atoms with Crippen LogP contribution in [0.5, 0.6) is 0 Å². The lowest BCUT2D eigenvalue weighted by atomic mass is 9.55. The Morgan fingerprint density at radius 2 is 1.95 bits per heavy atom. The molecule has 2 fully saturated rings. The van der Waals surface area contributed by atoms with E-state index in [1.54, 1.807) is 7.11 Å². The summed E-state index contributed by atoms with van der Waals surface area (Å²) in [7, 11) is 1.73. The second-order valence-corrected chi connectivity index (χ2v) is 6.90. The van der Waals surface area contributed by atoms with E-state index in [0.717, 1.165) is 19.3 Å². The highest BCUT2D eigenvalue weighted by Crippen LogP contribution is 2.51. The molecule has 3 N–H and O–H groups in total. The maximum absolute atomic E-state index is 12.3. The molecule has 1 saturated heterocycles. The minimum Gasteiger partial charge on any atom is -0.381 e. The smallest absolute Gasteiger partial charge is 0.237 e. The molecule has 1 aliphatic carbocycles. The normalized spacial score (nSPS) is 35.1. The first-order chi connectivity index (χ1) is 9.32. The molecule has 20 heavy (non-hydrogen) atoms. The van der Waals surface area contributed by atoms with E-state index in [1.165, 1.54) is 0 Å². The van der Waals surface area contributed by atoms with Gasteiger partial charge in [0.1, 0.15) is 0 Å². The van der Waals surface area contributed by atoms with Gasteiger partial charge in [-0.05, 0) is 32.1 Å². The summed E-state index contributed by atoms with van der Waals surface area (Å²) < 4.78 is 10.9. The Morgan fingerprint density at radius 3 is 2.45 bits per heavy atom. The molecule has 3 unspecified atom stereocenters. The maximum Gasteiger partial charge on any atom is 0.237 e. The van der Waals surface area contributed by atoms with E-state index in [9.17, 15) is 4.79 Å². The summed E-state index contributed by atoms with van der Waals surface area (Å²) in [6.07, 6.45) is 2.58. The van der Waals surface area contributed by atoms with Crippen LogP contribution in [0.1, 0.15) is 40.0 Å². The SMILES string of the molecule is COC1(C)CC(NC(=O)C(N)C2CCOCC2)C1(C)C. The average molecular weight is 284 g/mol. The number of hydrogen-bond acceptors (Lipinski definition) is 4. The zero-order chi connectivity index (χ0) is 15.0. The van der Waals surface area contributed by atoms with Crippen molar-refractivity contribution in [3.8, 4) is 0 Å². The number of amides is 1. The van der Waals surface area contributed by atoms with Gasteiger partial charge in [0.15, 0.2) is 0 Å². The van der Waals surface area contributed by atoms with E-state index in [-0.39, 0.29) is 28.9 Å². The van der Waals surface area contributed by atoms with Crippen molar-refractivity contribution in [2.45, 2.75) is 57.7 Å². The van der Waals surface area contributed by atoms with Crippen molar-refractivity contribution in [3.63, 3.8) is 0 Å². The molecule has 1 heterocycles. The van der Waals surface area contributed by atoms with Crippen molar-refractivity contribution >= 4 is 5.91 Å². The van der Waals surface area contributed by atoms with Crippen LogP contribution in [0.3, 0.4) is 0 Å². The highest BCUT2D eigenvalue weighted by atomic mass is 16.5. The van der Waals surface area contributed by atoms with Gasteiger partial charge >= 0.3 is 0 Å². The second-order valence-electron chi connectivity index (χ2n) is 6.90. The lowest BCUT2D eigenvalue weighted by Gasteiger charge is -2.59. The molecule has 0 radical (unpaired) electrons. The van der Waals surface area contributed by atoms with Crippen LogP contribution >= 0.6 is 0 Å². The minimum atomic E-state index is -0.427. The van der Waals surface area contributed by atoms with Crippen LogP contribution < -0.4 is 11.1 Å². The Labute approximate surface area is 121 Å². The first-order valence-corrected chi connectivity index (χ1v) is 7.50. The number of carbonyl (C=O) groups is 1. The van der Waals surface area contributed by atoms with Crippen LogP contribution in [0, 0.1) is 11.3 Å². The number of ether oxygens (including phenoxy) is 2. The summed E-state index contributed by atoms with van der Waals surface area (Å²) in [5, 5.41) is 3.11. The van der Waals surface area contributed by atoms with E-state index in [2.05, 4.69) is 26.1 Å². The van der Waals surface area contributed by atoms with Gasteiger partial charge in [0, 0.05) is 31.8 Å². The average Bonchev–Trinajstić information content (AvgIpc) is 2.46. The Kier molecular flexibility index (Phi) is 4.42. The largest absolute Gasteiger partial charge is 0.381 e. The number of hydrogen-bond donors (Lipinski definition) is 2. The van der Waals surface area contributed by atoms with Crippen molar-refractivity contribution in [1.82, 2.24) is 5.32 Å². The standard InChI is InChI=1S/C15H28N2O3/c1-14(2)11(9-15(14,3)19-4)17-13(18)12(16)10-5-7-20-8-6-10/h10-12H,5-9,16H2,1-4H3,(H,17,18). The molecule has 116 valence electrons. The van der Waals surface area contributed by atoms with Gasteiger partial charge < -0.3 is 20.5 Å². The third kappa shape index (κ3) is 2.59. The predicted octanol–water partition coefficient (Wildman–Crippen LogP) is 1.06. The molecule has 0 aromatic rings. The van der Waals surface area contributed by atoms with Crippen molar-refractivity contribution in [1.29, 1.82) is 0 Å². The highest BCUT2D eigenvalue weighted by Gasteiger charge is 2.58. The highest BCUT2D eigenvalue weighted by molar-refractivity contribution is 5.82. The van der Waals surface area contributed by atoms with E-state index >= 15 is 0 Å². The van der Waals surface area contributed by atoms with Gasteiger partial charge in [-0.15, -0.1) is 0 Å². The van der Waals surface area contributed by atoms with Crippen LogP contribution in [0.4, 0.5) is 0 Å². The third-order valence-electron chi connectivity index (χ3n) is 5.67. The fourth-order valence-electron chi connectivity index (χ4n) is 3.28. The molecule has 3 atom stereocenters. The molecule has 5 nitrogen and oxygen atoms in total. The summed E-state index contributed by atoms with van der Waals surface area (Å²) in [4.78, 5) is 12.3. The second kappa shape index (κ2) is 5.62. The number of carbonyl (C=O) groups excluding carboxylic acids is 1. The Morgan fingerprint density at radius 1 is 1.35 bits per heavy atom. The molecule has 1 amide bonds. The van der Waals surface area contributed by atoms with Crippen LogP contribution in [-0.4, -0.2) is 43.9 Å². The van der Waals surface area contributed by atoms with Gasteiger partial charge in [-0.3, -0.25) is 4.79 Å². The summed E-state index contributed by atoms with van der Waals surface area (Å²) in [6.45, 7) is 7.77. The minimum absolute atomic E-state index is 0.0341. The first-order valence-electron chi connectivity index (χ1n) is 7.50. The van der Waals surface area contributed by atoms with Gasteiger partial charge in [0.05, 0.1) is 11.6 Å². The molecule has 2 rings (SSSR count). The van der Waals surface area contributed by atoms with E-state index in [1.807, 2.05) is 0 Å². The topological polar surface area (TPSA) is 73.6 Å². The quantitative estimate of drug-likeness (QED) is 0.809. The maximum atomic E-state index is 12.3. The summed E-state index contributed by atoms with van der Waals surface area (Å²) in [5.74, 6) is 0.203. The predicted molar refractivity (Wildman–Crippen MR) is 77.3 cm³/mol. The van der Waals surface area contributed by atoms with Crippen LogP contribution in [0.25, 0.3) is 0 Å². The molecular formula is C15H28N2O3. The molecular weight excluding hydrogens is 256 g/mol. The number of rotatable bonds is 4. The first kappa shape index (κ1) is 15.7. The van der Waals surface area contributed by atoms with Crippen molar-refractivity contribution < 1.29 is 14.3 Å². The number of methoxy groups -OCH3 is 1. The van der Waals surface area contributed by atoms with Crippen molar-refractivity contribution in [2.24, 2.45) is 17.1 Å². The zero-order valence-electron chi connectivity index (χ0n) is 13.1. The summed E-state index contributed by atoms with van der Waals surface area (Å²) >= 11 is 0. The zero-order valence-corrected chi connectivity index (χ0v) is 13.1. The van der Waals surface area contributed by atoms with Gasteiger partial charge in [0.25, 0.3) is 0 Å². The van der Waals surface area contributed by atoms with Gasteiger partial charge in [-0.25, -0.2) is 0 Å². The molecule has 0 aromatic heterocycles. The molecule has 0 spiro atoms. The van der Waals surface area contributed by atoms with Crippen LogP contribution in [0.15, 0.2) is 0 Å². The number of nitrogens with one attached hydrogen (secondary N) is 1. The molecule has 2 aliphatic rings. The molecule has 1 saturated carbocycles. The summed E-state index contributed by atoms with van der Waals surface area (Å²) in [6, 6.07) is -0.296. The van der Waals surface area contributed by atoms with Crippen LogP contribution in [0.2, 0.25) is 0 Å². The van der Waals surface area contributed by atoms with Crippen molar-refractivity contribution in [2.75, 3.05) is 20.3 Å². The number of nitrogens with two attached hydrogens (primary N) is 1. The molecule has 1 aliphatic heterocycles. The lowest BCUT2D eigenvalue weighted by molar-refractivity contribution is -0.183. The monoisotopic (exact) mass is 284 g/mol. The fourth-order valence-corrected chi connectivity index (χ4v) is 3.28. The van der Waals surface area contributed by atoms with E-state index < -0.39 is 6.04 Å². The van der Waals surface area contributed by atoms with Gasteiger partial charge in [-0.1, -0.05) is 13.8 Å². The van der Waals surface area contributed by atoms with Gasteiger partial charge in [0.2, 0.25) is 5.91 Å². The Bertz CT molecular complexity index is 366. The van der Waals surface area contributed by atoms with Crippen LogP contribution in [-0.2, 0) is 14.3 Å². The van der Waals surface area contributed by atoms with Crippen molar-refractivity contribution in [3.05, 3.63) is 0 Å². The third-order valence-corrected chi connectivity index (χ3v) is 5.67. The van der Waals surface area contributed by atoms with E-state index in [0.29, 0.717) is 13.2 Å². The molecule has 5 heteroatoms.